The molecule has 6 nitrogen and oxygen atoms in total. The van der Waals surface area contributed by atoms with Gasteiger partial charge in [-0.1, -0.05) is 48.5 Å². The number of hydrogen-bond acceptors (Lipinski definition) is 3. The van der Waals surface area contributed by atoms with Gasteiger partial charge in [-0.2, -0.15) is 5.10 Å². The second-order valence-electron chi connectivity index (χ2n) is 8.57. The van der Waals surface area contributed by atoms with Crippen molar-refractivity contribution in [3.05, 3.63) is 76.6 Å². The highest BCUT2D eigenvalue weighted by atomic mass is 16.2. The summed E-state index contributed by atoms with van der Waals surface area (Å²) in [6, 6.07) is 16.0. The largest absolute Gasteiger partial charge is 0.353 e. The number of nitrogens with one attached hydrogen (secondary N) is 1. The van der Waals surface area contributed by atoms with Crippen molar-refractivity contribution in [3.63, 3.8) is 0 Å². The number of carbonyl (C=O) groups is 2. The van der Waals surface area contributed by atoms with E-state index >= 15 is 0 Å². The molecular weight excluding hydrogens is 400 g/mol. The number of benzene rings is 2. The quantitative estimate of drug-likeness (QED) is 0.675. The first kappa shape index (κ1) is 21.8. The van der Waals surface area contributed by atoms with Gasteiger partial charge >= 0.3 is 0 Å². The maximum Gasteiger partial charge on any atom is 0.245 e. The molecule has 0 aliphatic carbocycles. The number of aromatic nitrogens is 2. The van der Waals surface area contributed by atoms with Crippen molar-refractivity contribution in [3.8, 4) is 11.1 Å². The third kappa shape index (κ3) is 4.31. The fraction of sp³-hybridized carbons (Fsp3) is 0.346. The molecule has 2 heterocycles. The Bertz CT molecular complexity index is 1160. The van der Waals surface area contributed by atoms with Crippen LogP contribution in [0.25, 0.3) is 11.1 Å². The number of carbonyl (C=O) groups excluding carboxylic acids is 2. The molecule has 32 heavy (non-hydrogen) atoms. The Morgan fingerprint density at radius 2 is 1.88 bits per heavy atom. The lowest BCUT2D eigenvalue weighted by atomic mass is 9.95. The Labute approximate surface area is 189 Å². The summed E-state index contributed by atoms with van der Waals surface area (Å²) in [7, 11) is 0. The Morgan fingerprint density at radius 1 is 1.09 bits per heavy atom. The zero-order valence-corrected chi connectivity index (χ0v) is 19.2. The van der Waals surface area contributed by atoms with Crippen molar-refractivity contribution in [2.45, 2.75) is 46.7 Å². The molecule has 166 valence electrons. The minimum absolute atomic E-state index is 0.0782. The Morgan fingerprint density at radius 3 is 2.59 bits per heavy atom. The van der Waals surface area contributed by atoms with Gasteiger partial charge in [0, 0.05) is 25.2 Å². The van der Waals surface area contributed by atoms with Crippen LogP contribution in [0.3, 0.4) is 0 Å². The summed E-state index contributed by atoms with van der Waals surface area (Å²) < 4.78 is 1.75. The summed E-state index contributed by atoms with van der Waals surface area (Å²) in [4.78, 5) is 27.7. The lowest BCUT2D eigenvalue weighted by Gasteiger charge is -2.35. The zero-order chi connectivity index (χ0) is 22.8. The first-order valence-electron chi connectivity index (χ1n) is 11.1. The number of amides is 2. The molecule has 1 fully saturated rings. The van der Waals surface area contributed by atoms with Crippen LogP contribution in [-0.2, 0) is 22.6 Å². The molecule has 4 rings (SSSR count). The van der Waals surface area contributed by atoms with Crippen LogP contribution in [0.4, 0.5) is 0 Å². The van der Waals surface area contributed by atoms with Crippen molar-refractivity contribution < 1.29 is 9.59 Å². The topological polar surface area (TPSA) is 67.2 Å². The molecule has 1 saturated heterocycles. The van der Waals surface area contributed by atoms with Crippen molar-refractivity contribution in [2.75, 3.05) is 13.1 Å². The van der Waals surface area contributed by atoms with E-state index in [1.54, 1.807) is 9.58 Å². The Kier molecular flexibility index (Phi) is 6.12. The van der Waals surface area contributed by atoms with Gasteiger partial charge in [0.15, 0.2) is 0 Å². The lowest BCUT2D eigenvalue weighted by Crippen LogP contribution is -2.58. The van der Waals surface area contributed by atoms with Crippen molar-refractivity contribution >= 4 is 11.8 Å². The third-order valence-electron chi connectivity index (χ3n) is 6.49. The summed E-state index contributed by atoms with van der Waals surface area (Å²) in [6.07, 6.45) is 0.480. The predicted molar refractivity (Wildman–Crippen MR) is 125 cm³/mol. The summed E-state index contributed by atoms with van der Waals surface area (Å²) in [5.74, 6) is -0.180. The van der Waals surface area contributed by atoms with Gasteiger partial charge in [-0.15, -0.1) is 0 Å². The van der Waals surface area contributed by atoms with E-state index in [0.29, 0.717) is 19.5 Å². The molecule has 0 spiro atoms. The van der Waals surface area contributed by atoms with Crippen LogP contribution in [0.15, 0.2) is 48.5 Å². The molecule has 0 unspecified atom stereocenters. The molecule has 2 aromatic carbocycles. The molecular formula is C26H30N4O2. The number of piperazine rings is 1. The number of aryl methyl sites for hydroxylation is 2. The van der Waals surface area contributed by atoms with Gasteiger partial charge in [-0.05, 0) is 55.5 Å². The maximum atomic E-state index is 13.2. The fourth-order valence-electron chi connectivity index (χ4n) is 4.36. The van der Waals surface area contributed by atoms with Gasteiger partial charge in [0.05, 0.1) is 5.69 Å². The highest BCUT2D eigenvalue weighted by molar-refractivity contribution is 5.89. The number of nitrogens with zero attached hydrogens (tertiary/aromatic N) is 3. The second kappa shape index (κ2) is 8.99. The van der Waals surface area contributed by atoms with Crippen molar-refractivity contribution in [1.29, 1.82) is 0 Å². The zero-order valence-electron chi connectivity index (χ0n) is 19.2. The monoisotopic (exact) mass is 430 g/mol. The highest BCUT2D eigenvalue weighted by Gasteiger charge is 2.33. The van der Waals surface area contributed by atoms with Crippen LogP contribution in [0, 0.1) is 27.7 Å². The van der Waals surface area contributed by atoms with Gasteiger partial charge in [-0.25, -0.2) is 0 Å². The number of rotatable bonds is 5. The molecule has 0 bridgehead atoms. The minimum Gasteiger partial charge on any atom is -0.353 e. The second-order valence-corrected chi connectivity index (χ2v) is 8.57. The molecule has 1 atom stereocenters. The first-order chi connectivity index (χ1) is 15.3. The smallest absolute Gasteiger partial charge is 0.245 e. The van der Waals surface area contributed by atoms with E-state index < -0.39 is 6.04 Å². The van der Waals surface area contributed by atoms with E-state index in [-0.39, 0.29) is 18.4 Å². The first-order valence-corrected chi connectivity index (χ1v) is 11.1. The van der Waals surface area contributed by atoms with Gasteiger partial charge in [0.1, 0.15) is 12.6 Å². The van der Waals surface area contributed by atoms with Gasteiger partial charge < -0.3 is 10.2 Å². The summed E-state index contributed by atoms with van der Waals surface area (Å²) in [5, 5.41) is 7.42. The van der Waals surface area contributed by atoms with E-state index in [0.717, 1.165) is 28.1 Å². The van der Waals surface area contributed by atoms with E-state index in [4.69, 9.17) is 0 Å². The molecule has 6 heteroatoms. The summed E-state index contributed by atoms with van der Waals surface area (Å²) >= 11 is 0. The molecule has 3 aromatic rings. The average Bonchev–Trinajstić information content (AvgIpc) is 3.02. The third-order valence-corrected chi connectivity index (χ3v) is 6.49. The standard InChI is InChI=1S/C26H30N4O2/c1-17-8-5-6-11-23(17)22-10-7-9-21(14-22)15-24-26(32)27-12-13-29(24)25(31)16-30-20(4)18(2)19(3)28-30/h5-11,14,24H,12-13,15-16H2,1-4H3,(H,27,32)/t24-/m1/s1. The van der Waals surface area contributed by atoms with Crippen LogP contribution in [0.1, 0.15) is 28.1 Å². The summed E-state index contributed by atoms with van der Waals surface area (Å²) in [5.41, 5.74) is 7.54. The van der Waals surface area contributed by atoms with Gasteiger partial charge in [0.2, 0.25) is 11.8 Å². The number of hydrogen-bond donors (Lipinski definition) is 1. The molecule has 1 aliphatic rings. The van der Waals surface area contributed by atoms with Crippen LogP contribution >= 0.6 is 0 Å². The summed E-state index contributed by atoms with van der Waals surface area (Å²) in [6.45, 7) is 9.15. The predicted octanol–water partition coefficient (Wildman–Crippen LogP) is 3.35. The molecule has 0 saturated carbocycles. The lowest BCUT2D eigenvalue weighted by molar-refractivity contribution is -0.143. The van der Waals surface area contributed by atoms with Gasteiger partial charge in [0.25, 0.3) is 0 Å². The SMILES string of the molecule is Cc1ccccc1-c1cccc(C[C@@H]2C(=O)NCCN2C(=O)Cn2nc(C)c(C)c2C)c1. The van der Waals surface area contributed by atoms with E-state index in [1.807, 2.05) is 45.0 Å². The van der Waals surface area contributed by atoms with Crippen molar-refractivity contribution in [1.82, 2.24) is 20.0 Å². The highest BCUT2D eigenvalue weighted by Crippen LogP contribution is 2.25. The van der Waals surface area contributed by atoms with Crippen LogP contribution in [-0.4, -0.2) is 45.6 Å². The van der Waals surface area contributed by atoms with Crippen molar-refractivity contribution in [2.24, 2.45) is 0 Å². The molecule has 2 amide bonds. The van der Waals surface area contributed by atoms with Crippen LogP contribution < -0.4 is 5.32 Å². The molecule has 1 aromatic heterocycles. The maximum absolute atomic E-state index is 13.2. The molecule has 1 N–H and O–H groups in total. The van der Waals surface area contributed by atoms with E-state index in [1.165, 1.54) is 11.1 Å². The average molecular weight is 431 g/mol. The van der Waals surface area contributed by atoms with Gasteiger partial charge in [-0.3, -0.25) is 14.3 Å². The minimum atomic E-state index is -0.526. The van der Waals surface area contributed by atoms with E-state index in [9.17, 15) is 9.59 Å². The Hall–Kier alpha value is -3.41. The van der Waals surface area contributed by atoms with Crippen LogP contribution in [0.5, 0.6) is 0 Å². The molecule has 0 radical (unpaired) electrons. The van der Waals surface area contributed by atoms with Crippen LogP contribution in [0.2, 0.25) is 0 Å². The molecule has 1 aliphatic heterocycles. The normalized spacial score (nSPS) is 16.2. The Balaban J connectivity index is 1.56. The fourth-order valence-corrected chi connectivity index (χ4v) is 4.36. The van der Waals surface area contributed by atoms with E-state index in [2.05, 4.69) is 41.6 Å².